The zero-order chi connectivity index (χ0) is 19.3. The molecule has 5 heteroatoms. The number of benzene rings is 2. The van der Waals surface area contributed by atoms with Gasteiger partial charge in [0.25, 0.3) is 0 Å². The molecule has 0 saturated heterocycles. The number of carbonyl (C=O) groups excluding carboxylic acids is 1. The van der Waals surface area contributed by atoms with E-state index in [1.807, 2.05) is 36.7 Å². The number of carbonyl (C=O) groups is 1. The number of aryl methyl sites for hydroxylation is 1. The van der Waals surface area contributed by atoms with E-state index in [0.29, 0.717) is 17.0 Å². The number of fused-ring (bicyclic) bond motifs is 2. The maximum atomic E-state index is 12.8. The van der Waals surface area contributed by atoms with Crippen LogP contribution in [0.2, 0.25) is 5.02 Å². The van der Waals surface area contributed by atoms with Crippen LogP contribution in [0.5, 0.6) is 0 Å². The van der Waals surface area contributed by atoms with Crippen LogP contribution in [0.1, 0.15) is 39.5 Å². The first-order valence-corrected chi connectivity index (χ1v) is 9.69. The fourth-order valence-corrected chi connectivity index (χ4v) is 4.01. The Morgan fingerprint density at radius 2 is 1.75 bits per heavy atom. The Hall–Kier alpha value is -2.98. The Labute approximate surface area is 167 Å². The minimum atomic E-state index is 0.114. The maximum Gasteiger partial charge on any atom is 0.166 e. The maximum absolute atomic E-state index is 12.8. The number of aromatic nitrogens is 3. The van der Waals surface area contributed by atoms with Crippen molar-refractivity contribution in [2.24, 2.45) is 0 Å². The molecule has 1 unspecified atom stereocenters. The van der Waals surface area contributed by atoms with Crippen LogP contribution in [0.25, 0.3) is 16.8 Å². The average molecular weight is 388 g/mol. The van der Waals surface area contributed by atoms with Crippen LogP contribution in [0, 0.1) is 6.92 Å². The number of nitrogens with zero attached hydrogens (tertiary/aromatic N) is 3. The minimum absolute atomic E-state index is 0.114. The van der Waals surface area contributed by atoms with Gasteiger partial charge in [0, 0.05) is 23.2 Å². The van der Waals surface area contributed by atoms with Crippen LogP contribution >= 0.6 is 11.6 Å². The van der Waals surface area contributed by atoms with Gasteiger partial charge in [-0.25, -0.2) is 9.50 Å². The molecular formula is C23H18ClN3O. The molecule has 138 valence electrons. The molecule has 1 aliphatic carbocycles. The SMILES string of the molecule is Cc1ccc(-c2cnn3cc4c(nc23)CC(c2ccc(Cl)cc2)CC4=O)cc1. The van der Waals surface area contributed by atoms with Crippen molar-refractivity contribution in [3.63, 3.8) is 0 Å². The van der Waals surface area contributed by atoms with Crippen molar-refractivity contribution in [1.29, 1.82) is 0 Å². The summed E-state index contributed by atoms with van der Waals surface area (Å²) in [7, 11) is 0. The topological polar surface area (TPSA) is 47.3 Å². The van der Waals surface area contributed by atoms with Gasteiger partial charge >= 0.3 is 0 Å². The summed E-state index contributed by atoms with van der Waals surface area (Å²) in [4.78, 5) is 17.7. The lowest BCUT2D eigenvalue weighted by Crippen LogP contribution is -2.21. The molecule has 1 aliphatic rings. The van der Waals surface area contributed by atoms with Crippen molar-refractivity contribution in [2.45, 2.75) is 25.7 Å². The monoisotopic (exact) mass is 387 g/mol. The number of rotatable bonds is 2. The molecule has 28 heavy (non-hydrogen) atoms. The van der Waals surface area contributed by atoms with E-state index in [1.165, 1.54) is 5.56 Å². The van der Waals surface area contributed by atoms with Crippen molar-refractivity contribution in [3.05, 3.63) is 88.3 Å². The fourth-order valence-electron chi connectivity index (χ4n) is 3.88. The van der Waals surface area contributed by atoms with E-state index in [0.717, 1.165) is 34.5 Å². The van der Waals surface area contributed by atoms with Crippen molar-refractivity contribution in [3.8, 4) is 11.1 Å². The molecular weight excluding hydrogens is 370 g/mol. The van der Waals surface area contributed by atoms with Gasteiger partial charge in [0.15, 0.2) is 11.4 Å². The molecule has 2 heterocycles. The third-order valence-corrected chi connectivity index (χ3v) is 5.70. The quantitative estimate of drug-likeness (QED) is 0.470. The third kappa shape index (κ3) is 2.90. The van der Waals surface area contributed by atoms with E-state index in [9.17, 15) is 4.79 Å². The smallest absolute Gasteiger partial charge is 0.166 e. The van der Waals surface area contributed by atoms with E-state index in [4.69, 9.17) is 16.6 Å². The van der Waals surface area contributed by atoms with E-state index < -0.39 is 0 Å². The average Bonchev–Trinajstić information content (AvgIpc) is 3.10. The second-order valence-electron chi connectivity index (χ2n) is 7.37. The van der Waals surface area contributed by atoms with Gasteiger partial charge < -0.3 is 0 Å². The first-order valence-electron chi connectivity index (χ1n) is 9.31. The van der Waals surface area contributed by atoms with Gasteiger partial charge in [-0.05, 0) is 42.5 Å². The largest absolute Gasteiger partial charge is 0.294 e. The molecule has 5 rings (SSSR count). The lowest BCUT2D eigenvalue weighted by molar-refractivity contribution is 0.0962. The van der Waals surface area contributed by atoms with E-state index in [2.05, 4.69) is 36.3 Å². The molecule has 2 aromatic carbocycles. The lowest BCUT2D eigenvalue weighted by Gasteiger charge is -2.23. The molecule has 0 aliphatic heterocycles. The van der Waals surface area contributed by atoms with Crippen LogP contribution in [-0.4, -0.2) is 20.4 Å². The highest BCUT2D eigenvalue weighted by Gasteiger charge is 2.28. The summed E-state index contributed by atoms with van der Waals surface area (Å²) in [6.45, 7) is 2.07. The zero-order valence-corrected chi connectivity index (χ0v) is 16.1. The summed E-state index contributed by atoms with van der Waals surface area (Å²) in [6.07, 6.45) is 4.86. The van der Waals surface area contributed by atoms with Gasteiger partial charge in [-0.3, -0.25) is 4.79 Å². The molecule has 1 atom stereocenters. The Morgan fingerprint density at radius 1 is 1.00 bits per heavy atom. The van der Waals surface area contributed by atoms with Gasteiger partial charge in [-0.1, -0.05) is 53.6 Å². The normalized spacial score (nSPS) is 16.4. The van der Waals surface area contributed by atoms with Gasteiger partial charge in [-0.15, -0.1) is 0 Å². The summed E-state index contributed by atoms with van der Waals surface area (Å²) in [5, 5.41) is 5.14. The number of hydrogen-bond donors (Lipinski definition) is 0. The summed E-state index contributed by atoms with van der Waals surface area (Å²) in [5.41, 5.74) is 6.69. The highest BCUT2D eigenvalue weighted by molar-refractivity contribution is 6.30. The molecule has 0 fully saturated rings. The molecule has 0 N–H and O–H groups in total. The van der Waals surface area contributed by atoms with Crippen LogP contribution in [-0.2, 0) is 6.42 Å². The molecule has 0 saturated carbocycles. The van der Waals surface area contributed by atoms with Gasteiger partial charge in [0.2, 0.25) is 0 Å². The van der Waals surface area contributed by atoms with Crippen molar-refractivity contribution < 1.29 is 4.79 Å². The van der Waals surface area contributed by atoms with Crippen molar-refractivity contribution in [2.75, 3.05) is 0 Å². The predicted octanol–water partition coefficient (Wildman–Crippen LogP) is 5.27. The second kappa shape index (κ2) is 6.57. The summed E-state index contributed by atoms with van der Waals surface area (Å²) < 4.78 is 1.72. The molecule has 4 aromatic rings. The minimum Gasteiger partial charge on any atom is -0.294 e. The van der Waals surface area contributed by atoms with Crippen LogP contribution in [0.3, 0.4) is 0 Å². The summed E-state index contributed by atoms with van der Waals surface area (Å²) in [5.74, 6) is 0.237. The Kier molecular flexibility index (Phi) is 4.02. The summed E-state index contributed by atoms with van der Waals surface area (Å²) >= 11 is 6.01. The van der Waals surface area contributed by atoms with E-state index in [1.54, 1.807) is 4.52 Å². The highest BCUT2D eigenvalue weighted by atomic mass is 35.5. The van der Waals surface area contributed by atoms with Gasteiger partial charge in [-0.2, -0.15) is 5.10 Å². The molecule has 0 radical (unpaired) electrons. The first kappa shape index (κ1) is 17.1. The Morgan fingerprint density at radius 3 is 2.50 bits per heavy atom. The van der Waals surface area contributed by atoms with Gasteiger partial charge in [0.05, 0.1) is 17.5 Å². The van der Waals surface area contributed by atoms with Crippen molar-refractivity contribution in [1.82, 2.24) is 14.6 Å². The van der Waals surface area contributed by atoms with Crippen LogP contribution in [0.4, 0.5) is 0 Å². The lowest BCUT2D eigenvalue weighted by atomic mass is 9.82. The Bertz CT molecular complexity index is 1190. The van der Waals surface area contributed by atoms with Gasteiger partial charge in [0.1, 0.15) is 0 Å². The fraction of sp³-hybridized carbons (Fsp3) is 0.174. The molecule has 0 spiro atoms. The molecule has 4 nitrogen and oxygen atoms in total. The number of ketones is 1. The van der Waals surface area contributed by atoms with E-state index in [-0.39, 0.29) is 11.7 Å². The highest BCUT2D eigenvalue weighted by Crippen LogP contribution is 2.34. The van der Waals surface area contributed by atoms with Crippen molar-refractivity contribution >= 4 is 23.0 Å². The van der Waals surface area contributed by atoms with E-state index >= 15 is 0 Å². The number of hydrogen-bond acceptors (Lipinski definition) is 3. The zero-order valence-electron chi connectivity index (χ0n) is 15.4. The summed E-state index contributed by atoms with van der Waals surface area (Å²) in [6, 6.07) is 16.1. The van der Waals surface area contributed by atoms with Crippen LogP contribution in [0.15, 0.2) is 60.9 Å². The third-order valence-electron chi connectivity index (χ3n) is 5.45. The molecule has 0 bridgehead atoms. The van der Waals surface area contributed by atoms with Crippen LogP contribution < -0.4 is 0 Å². The second-order valence-corrected chi connectivity index (χ2v) is 7.81. The molecule has 0 amide bonds. The standard InChI is InChI=1S/C23H18ClN3O/c1-14-2-4-16(5-3-14)19-12-25-27-13-20-21(26-23(19)27)10-17(11-22(20)28)15-6-8-18(24)9-7-15/h2-9,12-13,17H,10-11H2,1H3. The number of halogens is 1. The Balaban J connectivity index is 1.58. The first-order chi connectivity index (χ1) is 13.6. The number of Topliss-reactive ketones (excluding diaryl/α,β-unsaturated/α-hetero) is 1. The molecule has 2 aromatic heterocycles. The predicted molar refractivity (Wildman–Crippen MR) is 110 cm³/mol.